The predicted molar refractivity (Wildman–Crippen MR) is 69.1 cm³/mol. The molecule has 5 nitrogen and oxygen atoms in total. The number of likely N-dealkylation sites (tertiary alicyclic amines) is 1. The zero-order chi connectivity index (χ0) is 12.8. The summed E-state index contributed by atoms with van der Waals surface area (Å²) in [4.78, 5) is 15.9. The average Bonchev–Trinajstić information content (AvgIpc) is 2.35. The molecule has 0 saturated carbocycles. The van der Waals surface area contributed by atoms with E-state index in [9.17, 15) is 4.79 Å². The largest absolute Gasteiger partial charge is 0.387 e. The van der Waals surface area contributed by atoms with Gasteiger partial charge in [0.25, 0.3) is 0 Å². The maximum absolute atomic E-state index is 12.2. The molecule has 5 heteroatoms. The number of rotatable bonds is 4. The Balaban J connectivity index is 2.53. The first-order chi connectivity index (χ1) is 8.06. The molecule has 1 atom stereocenters. The van der Waals surface area contributed by atoms with Crippen LogP contribution in [0.1, 0.15) is 33.1 Å². The van der Waals surface area contributed by atoms with E-state index >= 15 is 0 Å². The molecule has 17 heavy (non-hydrogen) atoms. The van der Waals surface area contributed by atoms with Gasteiger partial charge in [-0.2, -0.15) is 0 Å². The van der Waals surface area contributed by atoms with Crippen molar-refractivity contribution < 1.29 is 4.79 Å². The molecule has 0 spiro atoms. The van der Waals surface area contributed by atoms with Crippen molar-refractivity contribution in [3.8, 4) is 0 Å². The lowest BCUT2D eigenvalue weighted by Gasteiger charge is -2.33. The van der Waals surface area contributed by atoms with Crippen LogP contribution >= 0.6 is 0 Å². The second-order valence-electron chi connectivity index (χ2n) is 4.73. The summed E-state index contributed by atoms with van der Waals surface area (Å²) in [6, 6.07) is 0.0975. The van der Waals surface area contributed by atoms with Crippen LogP contribution in [0.5, 0.6) is 0 Å². The fraction of sp³-hybridized carbons (Fsp3) is 0.833. The number of amidine groups is 1. The van der Waals surface area contributed by atoms with Crippen LogP contribution in [0.4, 0.5) is 4.79 Å². The number of hydrogen-bond acceptors (Lipinski definition) is 2. The number of piperidine rings is 1. The molecule has 1 heterocycles. The minimum atomic E-state index is -0.0660. The second-order valence-corrected chi connectivity index (χ2v) is 4.73. The zero-order valence-electron chi connectivity index (χ0n) is 10.9. The fourth-order valence-corrected chi connectivity index (χ4v) is 2.06. The van der Waals surface area contributed by atoms with Gasteiger partial charge in [-0.1, -0.05) is 6.92 Å². The molecule has 0 bridgehead atoms. The first-order valence-corrected chi connectivity index (χ1v) is 6.44. The van der Waals surface area contributed by atoms with E-state index in [0.717, 1.165) is 25.9 Å². The summed E-state index contributed by atoms with van der Waals surface area (Å²) >= 11 is 0. The lowest BCUT2D eigenvalue weighted by Crippen LogP contribution is -2.47. The van der Waals surface area contributed by atoms with E-state index in [0.29, 0.717) is 13.1 Å². The molecule has 1 aliphatic heterocycles. The van der Waals surface area contributed by atoms with E-state index in [-0.39, 0.29) is 17.8 Å². The molecule has 98 valence electrons. The molecular weight excluding hydrogens is 216 g/mol. The van der Waals surface area contributed by atoms with Crippen molar-refractivity contribution in [3.05, 3.63) is 0 Å². The number of amides is 2. The van der Waals surface area contributed by atoms with Crippen molar-refractivity contribution in [3.63, 3.8) is 0 Å². The van der Waals surface area contributed by atoms with Crippen molar-refractivity contribution in [2.45, 2.75) is 33.1 Å². The minimum Gasteiger partial charge on any atom is -0.387 e. The molecule has 1 saturated heterocycles. The summed E-state index contributed by atoms with van der Waals surface area (Å²) in [5.41, 5.74) is 5.45. The Morgan fingerprint density at radius 3 is 2.47 bits per heavy atom. The summed E-state index contributed by atoms with van der Waals surface area (Å²) in [6.07, 6.45) is 3.43. The lowest BCUT2D eigenvalue weighted by molar-refractivity contribution is 0.143. The van der Waals surface area contributed by atoms with E-state index in [4.69, 9.17) is 11.1 Å². The van der Waals surface area contributed by atoms with Crippen LogP contribution in [-0.4, -0.2) is 47.8 Å². The van der Waals surface area contributed by atoms with Gasteiger partial charge in [0, 0.05) is 32.1 Å². The highest BCUT2D eigenvalue weighted by Crippen LogP contribution is 2.12. The van der Waals surface area contributed by atoms with Crippen LogP contribution in [0.2, 0.25) is 0 Å². The fourth-order valence-electron chi connectivity index (χ4n) is 2.06. The standard InChI is InChI=1S/C12H24N4O/c1-3-15(9-10(2)11(13)14)12(17)16-7-5-4-6-8-16/h10H,3-9H2,1-2H3,(H3,13,14). The molecule has 0 aliphatic carbocycles. The van der Waals surface area contributed by atoms with Gasteiger partial charge in [0.2, 0.25) is 0 Å². The Labute approximate surface area is 103 Å². The van der Waals surface area contributed by atoms with E-state index in [2.05, 4.69) is 0 Å². The lowest BCUT2D eigenvalue weighted by atomic mass is 10.1. The van der Waals surface area contributed by atoms with Crippen LogP contribution in [-0.2, 0) is 0 Å². The van der Waals surface area contributed by atoms with Crippen molar-refractivity contribution >= 4 is 11.9 Å². The highest BCUT2D eigenvalue weighted by atomic mass is 16.2. The normalized spacial score (nSPS) is 17.6. The number of nitrogens with two attached hydrogens (primary N) is 1. The van der Waals surface area contributed by atoms with Crippen LogP contribution in [0.25, 0.3) is 0 Å². The second kappa shape index (κ2) is 6.47. The van der Waals surface area contributed by atoms with Gasteiger partial charge in [0.1, 0.15) is 0 Å². The quantitative estimate of drug-likeness (QED) is 0.577. The van der Waals surface area contributed by atoms with Gasteiger partial charge in [0.05, 0.1) is 5.84 Å². The smallest absolute Gasteiger partial charge is 0.320 e. The summed E-state index contributed by atoms with van der Waals surface area (Å²) in [5, 5.41) is 7.38. The molecule has 0 radical (unpaired) electrons. The summed E-state index contributed by atoms with van der Waals surface area (Å²) in [7, 11) is 0. The first kappa shape index (κ1) is 13.8. The maximum atomic E-state index is 12.2. The van der Waals surface area contributed by atoms with Gasteiger partial charge in [0.15, 0.2) is 0 Å². The van der Waals surface area contributed by atoms with Gasteiger partial charge >= 0.3 is 6.03 Å². The number of nitrogens with one attached hydrogen (secondary N) is 1. The van der Waals surface area contributed by atoms with Crippen molar-refractivity contribution in [2.75, 3.05) is 26.2 Å². The third-order valence-corrected chi connectivity index (χ3v) is 3.30. The van der Waals surface area contributed by atoms with E-state index in [1.807, 2.05) is 18.7 Å². The first-order valence-electron chi connectivity index (χ1n) is 6.44. The molecule has 0 aromatic heterocycles. The third-order valence-electron chi connectivity index (χ3n) is 3.30. The molecular formula is C12H24N4O. The Kier molecular flexibility index (Phi) is 5.25. The number of carbonyl (C=O) groups is 1. The number of hydrogen-bond donors (Lipinski definition) is 2. The van der Waals surface area contributed by atoms with Crippen LogP contribution < -0.4 is 5.73 Å². The highest BCUT2D eigenvalue weighted by Gasteiger charge is 2.23. The SMILES string of the molecule is CCN(CC(C)C(=N)N)C(=O)N1CCCCC1. The van der Waals surface area contributed by atoms with E-state index in [1.54, 1.807) is 4.90 Å². The Morgan fingerprint density at radius 1 is 1.41 bits per heavy atom. The van der Waals surface area contributed by atoms with Gasteiger partial charge in [-0.05, 0) is 26.2 Å². The maximum Gasteiger partial charge on any atom is 0.320 e. The Morgan fingerprint density at radius 2 is 2.00 bits per heavy atom. The van der Waals surface area contributed by atoms with Crippen LogP contribution in [0, 0.1) is 11.3 Å². The summed E-state index contributed by atoms with van der Waals surface area (Å²) < 4.78 is 0. The van der Waals surface area contributed by atoms with Crippen molar-refractivity contribution in [1.29, 1.82) is 5.41 Å². The molecule has 1 rings (SSSR count). The van der Waals surface area contributed by atoms with Gasteiger partial charge in [-0.15, -0.1) is 0 Å². The van der Waals surface area contributed by atoms with Crippen molar-refractivity contribution in [1.82, 2.24) is 9.80 Å². The topological polar surface area (TPSA) is 73.4 Å². The highest BCUT2D eigenvalue weighted by molar-refractivity contribution is 5.80. The monoisotopic (exact) mass is 240 g/mol. The minimum absolute atomic E-state index is 0.0660. The molecule has 1 unspecified atom stereocenters. The molecule has 0 aromatic rings. The molecule has 3 N–H and O–H groups in total. The van der Waals surface area contributed by atoms with Crippen LogP contribution in [0.15, 0.2) is 0 Å². The molecule has 2 amide bonds. The van der Waals surface area contributed by atoms with Crippen molar-refractivity contribution in [2.24, 2.45) is 11.7 Å². The number of urea groups is 1. The number of nitrogens with zero attached hydrogens (tertiary/aromatic N) is 2. The average molecular weight is 240 g/mol. The van der Waals surface area contributed by atoms with E-state index < -0.39 is 0 Å². The van der Waals surface area contributed by atoms with Gasteiger partial charge in [-0.25, -0.2) is 4.79 Å². The van der Waals surface area contributed by atoms with Crippen LogP contribution in [0.3, 0.4) is 0 Å². The summed E-state index contributed by atoms with van der Waals surface area (Å²) in [5.74, 6) is 0.0820. The van der Waals surface area contributed by atoms with E-state index in [1.165, 1.54) is 6.42 Å². The molecule has 1 aliphatic rings. The zero-order valence-corrected chi connectivity index (χ0v) is 10.9. The third kappa shape index (κ3) is 3.91. The van der Waals surface area contributed by atoms with Gasteiger partial charge < -0.3 is 15.5 Å². The number of carbonyl (C=O) groups excluding carboxylic acids is 1. The van der Waals surface area contributed by atoms with Gasteiger partial charge in [-0.3, -0.25) is 5.41 Å². The summed E-state index contributed by atoms with van der Waals surface area (Å²) in [6.45, 7) is 6.80. The Hall–Kier alpha value is -1.26. The molecule has 1 fully saturated rings. The predicted octanol–water partition coefficient (Wildman–Crippen LogP) is 1.49. The molecule has 0 aromatic carbocycles. The Bertz CT molecular complexity index is 274.